The second kappa shape index (κ2) is 9.07. The van der Waals surface area contributed by atoms with E-state index in [0.29, 0.717) is 5.56 Å². The van der Waals surface area contributed by atoms with E-state index in [9.17, 15) is 19.7 Å². The van der Waals surface area contributed by atoms with Gasteiger partial charge in [-0.25, -0.2) is 0 Å². The van der Waals surface area contributed by atoms with Gasteiger partial charge in [0.15, 0.2) is 0 Å². The van der Waals surface area contributed by atoms with Gasteiger partial charge in [0, 0.05) is 30.1 Å². The van der Waals surface area contributed by atoms with E-state index in [1.165, 1.54) is 6.07 Å². The number of rotatable bonds is 6. The Labute approximate surface area is 189 Å². The summed E-state index contributed by atoms with van der Waals surface area (Å²) in [4.78, 5) is 39.3. The van der Waals surface area contributed by atoms with Gasteiger partial charge in [-0.15, -0.1) is 0 Å². The molecule has 1 fully saturated rings. The number of nitro benzene ring substituents is 1. The van der Waals surface area contributed by atoms with Crippen LogP contribution in [0.4, 0.5) is 21.9 Å². The number of carbonyl (C=O) groups is 2. The summed E-state index contributed by atoms with van der Waals surface area (Å²) >= 11 is 0.836. The number of benzene rings is 3. The van der Waals surface area contributed by atoms with Gasteiger partial charge >= 0.3 is 0 Å². The molecule has 0 aromatic heterocycles. The van der Waals surface area contributed by atoms with Crippen molar-refractivity contribution in [3.8, 4) is 0 Å². The van der Waals surface area contributed by atoms with Crippen LogP contribution in [0.5, 0.6) is 0 Å². The molecule has 160 valence electrons. The second-order valence-electron chi connectivity index (χ2n) is 7.14. The second-order valence-corrected chi connectivity index (χ2v) is 8.13. The van der Waals surface area contributed by atoms with E-state index in [1.807, 2.05) is 66.5 Å². The maximum Gasteiger partial charge on any atom is 0.293 e. The zero-order valence-corrected chi connectivity index (χ0v) is 18.0. The van der Waals surface area contributed by atoms with Crippen molar-refractivity contribution in [2.24, 2.45) is 0 Å². The first-order chi connectivity index (χ1) is 15.4. The van der Waals surface area contributed by atoms with Gasteiger partial charge in [-0.1, -0.05) is 48.5 Å². The van der Waals surface area contributed by atoms with Crippen LogP contribution in [0.1, 0.15) is 11.1 Å². The molecule has 0 radical (unpaired) electrons. The van der Waals surface area contributed by atoms with Crippen LogP contribution in [0, 0.1) is 10.1 Å². The van der Waals surface area contributed by atoms with E-state index in [4.69, 9.17) is 0 Å². The highest BCUT2D eigenvalue weighted by Gasteiger charge is 2.36. The first kappa shape index (κ1) is 21.3. The molecule has 8 heteroatoms. The first-order valence-corrected chi connectivity index (χ1v) is 10.6. The minimum absolute atomic E-state index is 0.117. The Bertz CT molecular complexity index is 1210. The fraction of sp³-hybridized carbons (Fsp3) is 0.0833. The molecule has 0 N–H and O–H groups in total. The zero-order valence-electron chi connectivity index (χ0n) is 17.2. The molecule has 3 aromatic rings. The molecule has 1 aliphatic heterocycles. The maximum atomic E-state index is 12.8. The van der Waals surface area contributed by atoms with Crippen LogP contribution in [0.2, 0.25) is 0 Å². The minimum atomic E-state index is -0.516. The Balaban J connectivity index is 1.51. The van der Waals surface area contributed by atoms with Crippen LogP contribution in [0.25, 0.3) is 6.08 Å². The summed E-state index contributed by atoms with van der Waals surface area (Å²) in [6.07, 6.45) is 1.66. The Morgan fingerprint density at radius 2 is 1.56 bits per heavy atom. The number of imide groups is 1. The fourth-order valence-corrected chi connectivity index (χ4v) is 4.21. The van der Waals surface area contributed by atoms with E-state index in [2.05, 4.69) is 0 Å². The highest BCUT2D eigenvalue weighted by Crippen LogP contribution is 2.34. The zero-order chi connectivity index (χ0) is 22.7. The lowest BCUT2D eigenvalue weighted by Crippen LogP contribution is -2.27. The third kappa shape index (κ3) is 4.40. The molecule has 32 heavy (non-hydrogen) atoms. The number of amides is 2. The summed E-state index contributed by atoms with van der Waals surface area (Å²) in [5, 5.41) is 10.8. The number of nitrogens with zero attached hydrogens (tertiary/aromatic N) is 3. The van der Waals surface area contributed by atoms with Crippen LogP contribution >= 0.6 is 11.8 Å². The van der Waals surface area contributed by atoms with E-state index in [0.717, 1.165) is 33.6 Å². The Kier molecular flexibility index (Phi) is 6.04. The van der Waals surface area contributed by atoms with Gasteiger partial charge in [-0.3, -0.25) is 24.6 Å². The number of thioether (sulfide) groups is 1. The van der Waals surface area contributed by atoms with E-state index >= 15 is 0 Å². The highest BCUT2D eigenvalue weighted by molar-refractivity contribution is 8.18. The maximum absolute atomic E-state index is 12.8. The normalized spacial score (nSPS) is 14.8. The number of para-hydroxylation sites is 2. The summed E-state index contributed by atoms with van der Waals surface area (Å²) in [6.45, 7) is -0.139. The van der Waals surface area contributed by atoms with Crippen molar-refractivity contribution in [1.82, 2.24) is 4.90 Å². The number of hydrogen-bond donors (Lipinski definition) is 0. The monoisotopic (exact) mass is 445 g/mol. The average Bonchev–Trinajstić information content (AvgIpc) is 3.07. The summed E-state index contributed by atoms with van der Waals surface area (Å²) in [6, 6.07) is 23.7. The van der Waals surface area contributed by atoms with Crippen LogP contribution < -0.4 is 4.90 Å². The first-order valence-electron chi connectivity index (χ1n) is 9.80. The van der Waals surface area contributed by atoms with E-state index in [-0.39, 0.29) is 17.1 Å². The molecule has 0 bridgehead atoms. The van der Waals surface area contributed by atoms with Crippen LogP contribution in [0.3, 0.4) is 0 Å². The molecular weight excluding hydrogens is 426 g/mol. The third-order valence-corrected chi connectivity index (χ3v) is 6.02. The van der Waals surface area contributed by atoms with Gasteiger partial charge in [0.05, 0.1) is 16.4 Å². The quantitative estimate of drug-likeness (QED) is 0.279. The summed E-state index contributed by atoms with van der Waals surface area (Å²) in [5.41, 5.74) is 3.02. The number of anilines is 2. The van der Waals surface area contributed by atoms with Crippen LogP contribution in [-0.2, 0) is 11.3 Å². The number of hydrogen-bond acceptors (Lipinski definition) is 6. The summed E-state index contributed by atoms with van der Waals surface area (Å²) in [7, 11) is 1.97. The minimum Gasteiger partial charge on any atom is -0.345 e. The Hall–Kier alpha value is -3.91. The van der Waals surface area contributed by atoms with Crippen molar-refractivity contribution in [1.29, 1.82) is 0 Å². The molecule has 4 rings (SSSR count). The van der Waals surface area contributed by atoms with E-state index < -0.39 is 16.1 Å². The summed E-state index contributed by atoms with van der Waals surface area (Å²) in [5.74, 6) is -0.455. The van der Waals surface area contributed by atoms with Gasteiger partial charge in [0.2, 0.25) is 0 Å². The predicted octanol–water partition coefficient (Wildman–Crippen LogP) is 5.60. The number of carbonyl (C=O) groups excluding carboxylic acids is 2. The average molecular weight is 446 g/mol. The van der Waals surface area contributed by atoms with E-state index in [1.54, 1.807) is 24.3 Å². The highest BCUT2D eigenvalue weighted by atomic mass is 32.2. The standard InChI is InChI=1S/C24H19N3O4S/c1-25(19-8-3-2-4-9-19)20-13-11-17(12-14-20)15-22-23(28)26(24(29)32-22)16-18-7-5-6-10-21(18)27(30)31/h2-15H,16H2,1H3/b22-15-. The molecule has 0 atom stereocenters. The molecule has 0 aliphatic carbocycles. The molecule has 7 nitrogen and oxygen atoms in total. The van der Waals surface area contributed by atoms with Crippen LogP contribution in [-0.4, -0.2) is 28.0 Å². The third-order valence-electron chi connectivity index (χ3n) is 5.11. The lowest BCUT2D eigenvalue weighted by Gasteiger charge is -2.19. The molecule has 1 heterocycles. The number of nitro groups is 1. The molecule has 1 aliphatic rings. The topological polar surface area (TPSA) is 83.8 Å². The molecule has 2 amide bonds. The molecule has 3 aromatic carbocycles. The largest absolute Gasteiger partial charge is 0.345 e. The van der Waals surface area contributed by atoms with Crippen molar-refractivity contribution in [3.63, 3.8) is 0 Å². The fourth-order valence-electron chi connectivity index (χ4n) is 3.38. The van der Waals surface area contributed by atoms with Crippen molar-refractivity contribution in [2.75, 3.05) is 11.9 Å². The molecule has 0 saturated carbocycles. The van der Waals surface area contributed by atoms with Gasteiger partial charge in [0.25, 0.3) is 16.8 Å². The SMILES string of the molecule is CN(c1ccccc1)c1ccc(/C=C2\SC(=O)N(Cc3ccccc3[N+](=O)[O-])C2=O)cc1. The Morgan fingerprint density at radius 1 is 0.938 bits per heavy atom. The van der Waals surface area contributed by atoms with Crippen molar-refractivity contribution in [2.45, 2.75) is 6.54 Å². The van der Waals surface area contributed by atoms with Crippen molar-refractivity contribution < 1.29 is 14.5 Å². The van der Waals surface area contributed by atoms with Gasteiger partial charge in [0.1, 0.15) is 0 Å². The van der Waals surface area contributed by atoms with Gasteiger partial charge in [-0.05, 0) is 47.7 Å². The van der Waals surface area contributed by atoms with Gasteiger partial charge < -0.3 is 4.90 Å². The molecule has 1 saturated heterocycles. The lowest BCUT2D eigenvalue weighted by atomic mass is 10.1. The smallest absolute Gasteiger partial charge is 0.293 e. The molecule has 0 spiro atoms. The Morgan fingerprint density at radius 3 is 2.25 bits per heavy atom. The molecular formula is C24H19N3O4S. The lowest BCUT2D eigenvalue weighted by molar-refractivity contribution is -0.385. The predicted molar refractivity (Wildman–Crippen MR) is 126 cm³/mol. The van der Waals surface area contributed by atoms with Gasteiger partial charge in [-0.2, -0.15) is 0 Å². The molecule has 0 unspecified atom stereocenters. The van der Waals surface area contributed by atoms with Crippen LogP contribution in [0.15, 0.2) is 83.8 Å². The van der Waals surface area contributed by atoms with Crippen molar-refractivity contribution in [3.05, 3.63) is 105 Å². The van der Waals surface area contributed by atoms with Crippen molar-refractivity contribution >= 4 is 46.0 Å². The summed E-state index contributed by atoms with van der Waals surface area (Å²) < 4.78 is 0.